The molecule has 0 spiro atoms. The van der Waals surface area contributed by atoms with Gasteiger partial charge >= 0.3 is 0 Å². The van der Waals surface area contributed by atoms with Crippen LogP contribution in [0.1, 0.15) is 12.8 Å². The lowest BCUT2D eigenvalue weighted by atomic mass is 10.2. The summed E-state index contributed by atoms with van der Waals surface area (Å²) in [6.45, 7) is 2.00. The molecule has 1 rings (SSSR count). The molecule has 0 radical (unpaired) electrons. The normalized spacial score (nSPS) is 23.8. The zero-order valence-electron chi connectivity index (χ0n) is 6.51. The molecule has 1 saturated heterocycles. The van der Waals surface area contributed by atoms with Crippen LogP contribution in [0.5, 0.6) is 0 Å². The molecule has 0 aromatic carbocycles. The standard InChI is InChI=1S/C7H14N2O2/c10-5-4-9-11-6-7-2-1-3-8-7/h5,7-9H,1-4,6H2/t7-/m0/s1. The van der Waals surface area contributed by atoms with E-state index in [0.717, 1.165) is 12.8 Å². The molecule has 64 valence electrons. The molecule has 0 amide bonds. The summed E-state index contributed by atoms with van der Waals surface area (Å²) in [5, 5.41) is 3.28. The number of carbonyl (C=O) groups is 1. The van der Waals surface area contributed by atoms with E-state index in [4.69, 9.17) is 4.84 Å². The first-order chi connectivity index (χ1) is 5.43. The number of hydrogen-bond donors (Lipinski definition) is 2. The molecule has 1 aliphatic rings. The van der Waals surface area contributed by atoms with E-state index in [2.05, 4.69) is 10.8 Å². The van der Waals surface area contributed by atoms with Gasteiger partial charge in [0.25, 0.3) is 0 Å². The van der Waals surface area contributed by atoms with E-state index in [1.54, 1.807) is 0 Å². The second-order valence-corrected chi connectivity index (χ2v) is 2.62. The number of rotatable bonds is 5. The summed E-state index contributed by atoms with van der Waals surface area (Å²) in [4.78, 5) is 14.9. The predicted octanol–water partition coefficient (Wildman–Crippen LogP) is -0.541. The first-order valence-corrected chi connectivity index (χ1v) is 3.95. The maximum atomic E-state index is 9.84. The molecule has 1 heterocycles. The summed E-state index contributed by atoms with van der Waals surface area (Å²) in [6, 6.07) is 0.467. The molecule has 4 heteroatoms. The van der Waals surface area contributed by atoms with Gasteiger partial charge in [-0.3, -0.25) is 4.84 Å². The fourth-order valence-electron chi connectivity index (χ4n) is 1.15. The molecule has 11 heavy (non-hydrogen) atoms. The highest BCUT2D eigenvalue weighted by Gasteiger charge is 2.13. The summed E-state index contributed by atoms with van der Waals surface area (Å²) in [5.74, 6) is 0. The molecular weight excluding hydrogens is 144 g/mol. The van der Waals surface area contributed by atoms with Crippen LogP contribution in [0.4, 0.5) is 0 Å². The van der Waals surface area contributed by atoms with Gasteiger partial charge in [-0.1, -0.05) is 0 Å². The Kier molecular flexibility index (Phi) is 4.11. The molecular formula is C7H14N2O2. The number of carbonyl (C=O) groups excluding carboxylic acids is 1. The highest BCUT2D eigenvalue weighted by Crippen LogP contribution is 2.03. The van der Waals surface area contributed by atoms with Crippen molar-refractivity contribution in [3.05, 3.63) is 0 Å². The van der Waals surface area contributed by atoms with Gasteiger partial charge in [0.1, 0.15) is 6.29 Å². The zero-order valence-corrected chi connectivity index (χ0v) is 6.51. The van der Waals surface area contributed by atoms with Crippen LogP contribution in [0, 0.1) is 0 Å². The molecule has 1 aliphatic heterocycles. The van der Waals surface area contributed by atoms with E-state index in [9.17, 15) is 4.79 Å². The van der Waals surface area contributed by atoms with Crippen LogP contribution in [0.25, 0.3) is 0 Å². The molecule has 0 aromatic heterocycles. The summed E-state index contributed by atoms with van der Waals surface area (Å²) >= 11 is 0. The van der Waals surface area contributed by atoms with Gasteiger partial charge in [0.15, 0.2) is 0 Å². The number of hydrogen-bond acceptors (Lipinski definition) is 4. The van der Waals surface area contributed by atoms with Gasteiger partial charge in [0.2, 0.25) is 0 Å². The minimum Gasteiger partial charge on any atom is -0.312 e. The molecule has 1 fully saturated rings. The first kappa shape index (κ1) is 8.64. The van der Waals surface area contributed by atoms with Crippen molar-refractivity contribution in [2.75, 3.05) is 19.7 Å². The van der Waals surface area contributed by atoms with Gasteiger partial charge in [0.05, 0.1) is 13.2 Å². The van der Waals surface area contributed by atoms with Crippen LogP contribution >= 0.6 is 0 Å². The smallest absolute Gasteiger partial charge is 0.136 e. The molecule has 0 unspecified atom stereocenters. The van der Waals surface area contributed by atoms with Gasteiger partial charge < -0.3 is 10.1 Å². The average Bonchev–Trinajstić information content (AvgIpc) is 2.50. The van der Waals surface area contributed by atoms with Gasteiger partial charge in [0, 0.05) is 6.04 Å². The topological polar surface area (TPSA) is 50.4 Å². The Bertz CT molecular complexity index is 113. The molecule has 0 bridgehead atoms. The molecule has 2 N–H and O–H groups in total. The van der Waals surface area contributed by atoms with Crippen LogP contribution in [-0.4, -0.2) is 32.0 Å². The minimum atomic E-state index is 0.271. The minimum absolute atomic E-state index is 0.271. The quantitative estimate of drug-likeness (QED) is 0.320. The molecule has 4 nitrogen and oxygen atoms in total. The Morgan fingerprint density at radius 1 is 1.73 bits per heavy atom. The van der Waals surface area contributed by atoms with E-state index < -0.39 is 0 Å². The summed E-state index contributed by atoms with van der Waals surface area (Å²) in [5.41, 5.74) is 2.55. The fraction of sp³-hybridized carbons (Fsp3) is 0.857. The second-order valence-electron chi connectivity index (χ2n) is 2.62. The van der Waals surface area contributed by atoms with E-state index in [-0.39, 0.29) is 6.54 Å². The maximum absolute atomic E-state index is 9.84. The van der Waals surface area contributed by atoms with Crippen molar-refractivity contribution in [3.63, 3.8) is 0 Å². The van der Waals surface area contributed by atoms with E-state index in [1.165, 1.54) is 12.8 Å². The highest BCUT2D eigenvalue weighted by molar-refractivity contribution is 5.51. The number of nitrogens with one attached hydrogen (secondary N) is 2. The van der Waals surface area contributed by atoms with Crippen LogP contribution in [0.15, 0.2) is 0 Å². The van der Waals surface area contributed by atoms with Crippen molar-refractivity contribution in [1.29, 1.82) is 0 Å². The number of hydroxylamine groups is 1. The van der Waals surface area contributed by atoms with E-state index >= 15 is 0 Å². The fourth-order valence-corrected chi connectivity index (χ4v) is 1.15. The van der Waals surface area contributed by atoms with Crippen molar-refractivity contribution in [2.45, 2.75) is 18.9 Å². The van der Waals surface area contributed by atoms with E-state index in [0.29, 0.717) is 12.6 Å². The van der Waals surface area contributed by atoms with Crippen LogP contribution in [-0.2, 0) is 9.63 Å². The molecule has 1 atom stereocenters. The largest absolute Gasteiger partial charge is 0.312 e. The van der Waals surface area contributed by atoms with Crippen molar-refractivity contribution in [1.82, 2.24) is 10.8 Å². The Balaban J connectivity index is 1.89. The Morgan fingerprint density at radius 3 is 3.27 bits per heavy atom. The van der Waals surface area contributed by atoms with Gasteiger partial charge in [-0.15, -0.1) is 0 Å². The van der Waals surface area contributed by atoms with Crippen molar-refractivity contribution in [3.8, 4) is 0 Å². The molecule has 0 saturated carbocycles. The van der Waals surface area contributed by atoms with Crippen LogP contribution in [0.2, 0.25) is 0 Å². The third kappa shape index (κ3) is 3.46. The first-order valence-electron chi connectivity index (χ1n) is 3.95. The zero-order chi connectivity index (χ0) is 7.94. The lowest BCUT2D eigenvalue weighted by Crippen LogP contribution is -2.30. The van der Waals surface area contributed by atoms with Crippen LogP contribution in [0.3, 0.4) is 0 Å². The third-order valence-electron chi connectivity index (χ3n) is 1.72. The molecule has 0 aromatic rings. The highest BCUT2D eigenvalue weighted by atomic mass is 16.6. The summed E-state index contributed by atoms with van der Waals surface area (Å²) < 4.78 is 0. The average molecular weight is 158 g/mol. The second kappa shape index (κ2) is 5.23. The van der Waals surface area contributed by atoms with Gasteiger partial charge in [-0.25, -0.2) is 0 Å². The lowest BCUT2D eigenvalue weighted by molar-refractivity contribution is -0.109. The SMILES string of the molecule is O=CCNOC[C@@H]1CCCN1. The Hall–Kier alpha value is -0.450. The van der Waals surface area contributed by atoms with Crippen LogP contribution < -0.4 is 10.8 Å². The monoisotopic (exact) mass is 158 g/mol. The van der Waals surface area contributed by atoms with Crippen molar-refractivity contribution >= 4 is 6.29 Å². The summed E-state index contributed by atoms with van der Waals surface area (Å²) in [7, 11) is 0. The Labute approximate surface area is 66.3 Å². The van der Waals surface area contributed by atoms with Gasteiger partial charge in [-0.2, -0.15) is 5.48 Å². The molecule has 0 aliphatic carbocycles. The van der Waals surface area contributed by atoms with Crippen molar-refractivity contribution in [2.24, 2.45) is 0 Å². The van der Waals surface area contributed by atoms with Gasteiger partial charge in [-0.05, 0) is 19.4 Å². The van der Waals surface area contributed by atoms with Crippen molar-refractivity contribution < 1.29 is 9.63 Å². The summed E-state index contributed by atoms with van der Waals surface area (Å²) in [6.07, 6.45) is 3.17. The lowest BCUT2D eigenvalue weighted by Gasteiger charge is -2.09. The third-order valence-corrected chi connectivity index (χ3v) is 1.72. The van der Waals surface area contributed by atoms with E-state index in [1.807, 2.05) is 0 Å². The number of aldehydes is 1. The maximum Gasteiger partial charge on any atom is 0.136 e. The predicted molar refractivity (Wildman–Crippen MR) is 41.0 cm³/mol. The Morgan fingerprint density at radius 2 is 2.64 bits per heavy atom.